The third-order valence-electron chi connectivity index (χ3n) is 5.70. The lowest BCUT2D eigenvalue weighted by Gasteiger charge is -2.24. The van der Waals surface area contributed by atoms with Gasteiger partial charge in [-0.1, -0.05) is 174 Å². The van der Waals surface area contributed by atoms with Crippen LogP contribution in [-0.2, 0) is 6.18 Å². The quantitative estimate of drug-likeness (QED) is 0.148. The molecule has 0 N–H and O–H groups in total. The van der Waals surface area contributed by atoms with Crippen molar-refractivity contribution in [2.24, 2.45) is 0 Å². The Labute approximate surface area is 315 Å². The van der Waals surface area contributed by atoms with Crippen LogP contribution in [0.25, 0.3) is 33.5 Å². The van der Waals surface area contributed by atoms with Gasteiger partial charge in [-0.2, -0.15) is 13.2 Å². The monoisotopic (exact) mass is 885 g/mol. The van der Waals surface area contributed by atoms with Crippen molar-refractivity contribution in [2.75, 3.05) is 0 Å². The molecule has 0 aliphatic rings. The molecule has 0 aliphatic heterocycles. The van der Waals surface area contributed by atoms with Gasteiger partial charge in [-0.05, 0) is 11.6 Å². The van der Waals surface area contributed by atoms with Gasteiger partial charge in [-0.3, -0.25) is 0 Å². The molecule has 0 saturated heterocycles. The number of benzene rings is 3. The van der Waals surface area contributed by atoms with Crippen molar-refractivity contribution in [2.45, 2.75) is 6.18 Å². The van der Waals surface area contributed by atoms with E-state index in [0.29, 0.717) is 6.07 Å². The largest absolute Gasteiger partial charge is 0.433 e. The predicted molar refractivity (Wildman–Crippen MR) is 181 cm³/mol. The first-order valence-corrected chi connectivity index (χ1v) is 16.1. The third-order valence-corrected chi connectivity index (χ3v) is 12.5. The Balaban J connectivity index is 2.47. The molecule has 1 aromatic heterocycles. The summed E-state index contributed by atoms with van der Waals surface area (Å²) in [5.74, 6) is 0. The van der Waals surface area contributed by atoms with Crippen LogP contribution in [-0.4, -0.2) is 4.98 Å². The molecule has 0 saturated carbocycles. The zero-order valence-corrected chi connectivity index (χ0v) is 30.7. The molecule has 1 heterocycles. The second-order valence-corrected chi connectivity index (χ2v) is 13.8. The highest BCUT2D eigenvalue weighted by atomic mass is 35.5. The van der Waals surface area contributed by atoms with Crippen molar-refractivity contribution in [1.82, 2.24) is 4.98 Å². The van der Waals surface area contributed by atoms with Crippen molar-refractivity contribution < 1.29 is 13.2 Å². The van der Waals surface area contributed by atoms with Gasteiger partial charge >= 0.3 is 6.18 Å². The SMILES string of the molecule is FC(F)(F)c1cc(-c2c(Cl)c(Cl)c(Cl)c(Cl)c2Cl)c(-c2c(Cl)c(Cl)c(Cl)c(Cl)c2Cl)c(-c2c(Cl)c(Cl)c(Cl)c(Cl)c2Cl)n1. The third kappa shape index (κ3) is 6.30. The maximum absolute atomic E-state index is 14.4. The van der Waals surface area contributed by atoms with Crippen LogP contribution in [0.5, 0.6) is 0 Å². The predicted octanol–water partition coefficient (Wildman–Crippen LogP) is 16.9. The van der Waals surface area contributed by atoms with Crippen molar-refractivity contribution >= 4 is 174 Å². The highest BCUT2D eigenvalue weighted by molar-refractivity contribution is 6.59. The molecule has 3 aromatic carbocycles. The molecule has 19 heteroatoms. The zero-order chi connectivity index (χ0) is 32.6. The molecule has 0 amide bonds. The van der Waals surface area contributed by atoms with Crippen LogP contribution in [0, 0.1) is 0 Å². The highest BCUT2D eigenvalue weighted by Crippen LogP contribution is 2.58. The van der Waals surface area contributed by atoms with Crippen molar-refractivity contribution in [1.29, 1.82) is 0 Å². The molecule has 0 spiro atoms. The second kappa shape index (κ2) is 13.5. The first kappa shape index (κ1) is 36.8. The Morgan fingerprint density at radius 3 is 0.977 bits per heavy atom. The zero-order valence-electron chi connectivity index (χ0n) is 19.3. The van der Waals surface area contributed by atoms with Crippen LogP contribution in [0.2, 0.25) is 75.3 Å². The number of alkyl halides is 3. The Bertz CT molecular complexity index is 1690. The van der Waals surface area contributed by atoms with E-state index in [1.54, 1.807) is 0 Å². The first-order chi connectivity index (χ1) is 19.7. The minimum Gasteiger partial charge on any atom is -0.242 e. The molecular weight excluding hydrogens is 891 g/mol. The van der Waals surface area contributed by atoms with Crippen LogP contribution >= 0.6 is 174 Å². The van der Waals surface area contributed by atoms with E-state index in [4.69, 9.17) is 174 Å². The molecule has 0 aliphatic carbocycles. The Kier molecular flexibility index (Phi) is 11.5. The fourth-order valence-corrected chi connectivity index (χ4v) is 7.79. The van der Waals surface area contributed by atoms with Crippen LogP contribution in [0.3, 0.4) is 0 Å². The lowest BCUT2D eigenvalue weighted by Crippen LogP contribution is -2.11. The van der Waals surface area contributed by atoms with Gasteiger partial charge in [0.1, 0.15) is 5.69 Å². The van der Waals surface area contributed by atoms with Gasteiger partial charge in [-0.25, -0.2) is 4.98 Å². The number of pyridine rings is 1. The van der Waals surface area contributed by atoms with Crippen LogP contribution in [0.4, 0.5) is 13.2 Å². The lowest BCUT2D eigenvalue weighted by molar-refractivity contribution is -0.141. The summed E-state index contributed by atoms with van der Waals surface area (Å²) in [6.07, 6.45) is -5.11. The van der Waals surface area contributed by atoms with Crippen LogP contribution in [0.1, 0.15) is 5.69 Å². The number of hydrogen-bond acceptors (Lipinski definition) is 1. The number of hydrogen-bond donors (Lipinski definition) is 0. The van der Waals surface area contributed by atoms with Crippen LogP contribution < -0.4 is 0 Å². The first-order valence-electron chi connectivity index (χ1n) is 10.4. The summed E-state index contributed by atoms with van der Waals surface area (Å²) in [7, 11) is 0. The fraction of sp³-hybridized carbons (Fsp3) is 0.0417. The molecule has 228 valence electrons. The Hall–Kier alpha value is 0.950. The summed E-state index contributed by atoms with van der Waals surface area (Å²) in [5, 5.41) is -5.52. The van der Waals surface area contributed by atoms with Crippen LogP contribution in [0.15, 0.2) is 6.07 Å². The second-order valence-electron chi connectivity index (χ2n) is 8.11. The molecule has 0 radical (unpaired) electrons. The summed E-state index contributed by atoms with van der Waals surface area (Å²) < 4.78 is 43.3. The van der Waals surface area contributed by atoms with Gasteiger partial charge < -0.3 is 0 Å². The molecule has 43 heavy (non-hydrogen) atoms. The summed E-state index contributed by atoms with van der Waals surface area (Å²) in [6, 6.07) is 0.566. The minimum absolute atomic E-state index is 0.271. The number of rotatable bonds is 3. The minimum atomic E-state index is -5.11. The van der Waals surface area contributed by atoms with E-state index in [0.717, 1.165) is 0 Å². The standard InChI is InChI=1S/C24HCl15F3N/c25-8-5(9(26)15(32)20(37)14(8)31)2-1-3(24(40,41)42)43-23(7-12(29)18(35)22(39)19(36)13(7)30)4(2)6-10(27)16(33)21(38)17(34)11(6)28/h1H. The van der Waals surface area contributed by atoms with Crippen molar-refractivity contribution in [3.05, 3.63) is 87.1 Å². The Morgan fingerprint density at radius 2 is 0.651 bits per heavy atom. The normalized spacial score (nSPS) is 12.0. The summed E-state index contributed by atoms with van der Waals surface area (Å²) in [6.45, 7) is 0. The van der Waals surface area contributed by atoms with Gasteiger partial charge in [0.2, 0.25) is 0 Å². The van der Waals surface area contributed by atoms with E-state index < -0.39 is 48.8 Å². The number of halogens is 18. The Morgan fingerprint density at radius 1 is 0.372 bits per heavy atom. The van der Waals surface area contributed by atoms with E-state index in [1.807, 2.05) is 0 Å². The maximum atomic E-state index is 14.4. The summed E-state index contributed by atoms with van der Waals surface area (Å²) >= 11 is 95.6. The maximum Gasteiger partial charge on any atom is 0.433 e. The van der Waals surface area contributed by atoms with Gasteiger partial charge in [0, 0.05) is 22.3 Å². The van der Waals surface area contributed by atoms with E-state index >= 15 is 0 Å². The average Bonchev–Trinajstić information content (AvgIpc) is 2.95. The van der Waals surface area contributed by atoms with Gasteiger partial charge in [0.15, 0.2) is 0 Å². The molecule has 0 bridgehead atoms. The molecule has 0 fully saturated rings. The number of aromatic nitrogens is 1. The molecule has 4 aromatic rings. The molecule has 0 unspecified atom stereocenters. The molecule has 1 nitrogen and oxygen atoms in total. The van der Waals surface area contributed by atoms with E-state index in [9.17, 15) is 13.2 Å². The smallest absolute Gasteiger partial charge is 0.242 e. The van der Waals surface area contributed by atoms with Crippen molar-refractivity contribution in [3.63, 3.8) is 0 Å². The van der Waals surface area contributed by atoms with E-state index in [1.165, 1.54) is 0 Å². The number of nitrogens with zero attached hydrogens (tertiary/aromatic N) is 1. The fourth-order valence-electron chi connectivity index (χ4n) is 3.80. The molecule has 4 rings (SSSR count). The topological polar surface area (TPSA) is 12.9 Å². The highest BCUT2D eigenvalue weighted by Gasteiger charge is 2.38. The average molecular weight is 892 g/mol. The lowest BCUT2D eigenvalue weighted by atomic mass is 9.89. The van der Waals surface area contributed by atoms with Gasteiger partial charge in [0.25, 0.3) is 0 Å². The molecule has 0 atom stereocenters. The van der Waals surface area contributed by atoms with E-state index in [-0.39, 0.29) is 71.9 Å². The van der Waals surface area contributed by atoms with Crippen molar-refractivity contribution in [3.8, 4) is 33.5 Å². The molecular formula is C24HCl15F3N. The van der Waals surface area contributed by atoms with Gasteiger partial charge in [-0.15, -0.1) is 0 Å². The summed E-state index contributed by atoms with van der Waals surface area (Å²) in [5.41, 5.74) is -4.08. The summed E-state index contributed by atoms with van der Waals surface area (Å²) in [4.78, 5) is 3.83. The van der Waals surface area contributed by atoms with E-state index in [2.05, 4.69) is 4.98 Å². The van der Waals surface area contributed by atoms with Gasteiger partial charge in [0.05, 0.1) is 81.0 Å².